The third-order valence-electron chi connectivity index (χ3n) is 5.21. The van der Waals surface area contributed by atoms with Gasteiger partial charge in [-0.25, -0.2) is 4.79 Å². The lowest BCUT2D eigenvalue weighted by Gasteiger charge is -2.28. The maximum Gasteiger partial charge on any atom is 0.428 e. The van der Waals surface area contributed by atoms with Crippen LogP contribution >= 0.6 is 23.2 Å². The minimum Gasteiger partial charge on any atom is -0.456 e. The molecule has 0 fully saturated rings. The van der Waals surface area contributed by atoms with Crippen molar-refractivity contribution in [1.82, 2.24) is 5.48 Å². The van der Waals surface area contributed by atoms with Gasteiger partial charge in [-0.3, -0.25) is 10.3 Å². The van der Waals surface area contributed by atoms with E-state index in [0.717, 1.165) is 18.2 Å². The molecule has 0 bridgehead atoms. The molecule has 9 heteroatoms. The van der Waals surface area contributed by atoms with Gasteiger partial charge in [-0.1, -0.05) is 53.5 Å². The summed E-state index contributed by atoms with van der Waals surface area (Å²) in [6, 6.07) is 13.6. The van der Waals surface area contributed by atoms with Gasteiger partial charge in [-0.15, -0.1) is 0 Å². The van der Waals surface area contributed by atoms with Crippen LogP contribution in [-0.4, -0.2) is 17.7 Å². The van der Waals surface area contributed by atoms with Crippen molar-refractivity contribution in [3.05, 3.63) is 87.4 Å². The number of nitrogens with one attached hydrogen (secondary N) is 1. The molecule has 1 heterocycles. The minimum absolute atomic E-state index is 0.0451. The highest BCUT2D eigenvalue weighted by atomic mass is 35.5. The predicted molar refractivity (Wildman–Crippen MR) is 126 cm³/mol. The van der Waals surface area contributed by atoms with Gasteiger partial charge in [0.1, 0.15) is 5.60 Å². The molecule has 0 radical (unpaired) electrons. The molecule has 1 N–H and O–H groups in total. The van der Waals surface area contributed by atoms with Gasteiger partial charge >= 0.3 is 12.1 Å². The summed E-state index contributed by atoms with van der Waals surface area (Å²) in [5, 5.41) is 1.18. The van der Waals surface area contributed by atoms with Crippen LogP contribution in [0.2, 0.25) is 10.0 Å². The molecular formula is C25H20Cl2F3NO3. The Kier molecular flexibility index (Phi) is 6.09. The second-order valence-corrected chi connectivity index (χ2v) is 9.73. The molecule has 0 aromatic heterocycles. The molecule has 1 atom stereocenters. The highest BCUT2D eigenvalue weighted by molar-refractivity contribution is 6.34. The first-order valence-electron chi connectivity index (χ1n) is 10.3. The van der Waals surface area contributed by atoms with Crippen molar-refractivity contribution in [2.45, 2.75) is 38.1 Å². The average molecular weight is 510 g/mol. The van der Waals surface area contributed by atoms with Crippen LogP contribution in [0.3, 0.4) is 0 Å². The lowest BCUT2D eigenvalue weighted by Crippen LogP contribution is -2.42. The molecule has 0 aliphatic carbocycles. The highest BCUT2D eigenvalue weighted by Crippen LogP contribution is 2.48. The number of alkyl halides is 3. The van der Waals surface area contributed by atoms with Crippen molar-refractivity contribution in [2.24, 2.45) is 0 Å². The molecule has 178 valence electrons. The Hall–Kier alpha value is -2.74. The van der Waals surface area contributed by atoms with E-state index in [4.69, 9.17) is 32.8 Å². The third kappa shape index (κ3) is 4.48. The van der Waals surface area contributed by atoms with Crippen molar-refractivity contribution in [2.75, 3.05) is 0 Å². The van der Waals surface area contributed by atoms with Crippen molar-refractivity contribution >= 4 is 45.6 Å². The number of esters is 1. The van der Waals surface area contributed by atoms with Gasteiger partial charge < -0.3 is 4.74 Å². The van der Waals surface area contributed by atoms with E-state index in [0.29, 0.717) is 21.9 Å². The van der Waals surface area contributed by atoms with E-state index in [-0.39, 0.29) is 21.3 Å². The number of rotatable bonds is 3. The third-order valence-corrected chi connectivity index (χ3v) is 5.65. The van der Waals surface area contributed by atoms with Crippen LogP contribution < -0.4 is 5.48 Å². The summed E-state index contributed by atoms with van der Waals surface area (Å²) in [4.78, 5) is 17.9. The van der Waals surface area contributed by atoms with Crippen molar-refractivity contribution < 1.29 is 27.5 Å². The second kappa shape index (κ2) is 8.48. The standard InChI is InChI=1S/C25H20Cl2F3NO3/c1-23(2,3)33-22(32)20-9-5-6-17-18(20)7-4-8-19(17)21-13-24(34-31-21,25(28,29)30)14-10-15(26)12-16(27)11-14/h4-13,31H,1-3H3. The lowest BCUT2D eigenvalue weighted by atomic mass is 9.90. The van der Waals surface area contributed by atoms with E-state index in [1.165, 1.54) is 6.07 Å². The number of hydrogen-bond acceptors (Lipinski definition) is 4. The van der Waals surface area contributed by atoms with Crippen LogP contribution in [-0.2, 0) is 15.2 Å². The van der Waals surface area contributed by atoms with Gasteiger partial charge in [0.2, 0.25) is 5.60 Å². The molecule has 1 aliphatic heterocycles. The SMILES string of the molecule is CC(C)(C)OC(=O)c1cccc2c(C3=CC(c4cc(Cl)cc(Cl)c4)(C(F)(F)F)ON3)cccc12. The van der Waals surface area contributed by atoms with Gasteiger partial charge in [-0.05, 0) is 61.9 Å². The Labute approximate surface area is 204 Å². The van der Waals surface area contributed by atoms with E-state index >= 15 is 0 Å². The van der Waals surface area contributed by atoms with E-state index in [1.54, 1.807) is 57.2 Å². The lowest BCUT2D eigenvalue weighted by molar-refractivity contribution is -0.269. The summed E-state index contributed by atoms with van der Waals surface area (Å²) in [7, 11) is 0. The van der Waals surface area contributed by atoms with Gasteiger partial charge in [-0.2, -0.15) is 13.2 Å². The molecule has 0 saturated heterocycles. The van der Waals surface area contributed by atoms with Crippen LogP contribution in [0, 0.1) is 0 Å². The molecule has 3 aromatic carbocycles. The summed E-state index contributed by atoms with van der Waals surface area (Å²) in [6.45, 7) is 5.26. The quantitative estimate of drug-likeness (QED) is 0.372. The molecule has 0 amide bonds. The van der Waals surface area contributed by atoms with E-state index in [9.17, 15) is 18.0 Å². The molecule has 3 aromatic rings. The van der Waals surface area contributed by atoms with Gasteiger partial charge in [0.25, 0.3) is 0 Å². The first kappa shape index (κ1) is 24.4. The molecule has 34 heavy (non-hydrogen) atoms. The summed E-state index contributed by atoms with van der Waals surface area (Å²) in [5.41, 5.74) is -0.559. The fourth-order valence-electron chi connectivity index (χ4n) is 3.80. The smallest absolute Gasteiger partial charge is 0.428 e. The van der Waals surface area contributed by atoms with E-state index in [1.807, 2.05) is 0 Å². The predicted octanol–water partition coefficient (Wildman–Crippen LogP) is 7.44. The fraction of sp³-hybridized carbons (Fsp3) is 0.240. The number of ether oxygens (including phenoxy) is 1. The Balaban J connectivity index is 1.87. The number of carbonyl (C=O) groups is 1. The van der Waals surface area contributed by atoms with Gasteiger partial charge in [0.15, 0.2) is 0 Å². The number of hydroxylamine groups is 1. The molecule has 4 rings (SSSR count). The van der Waals surface area contributed by atoms with Crippen molar-refractivity contribution in [3.63, 3.8) is 0 Å². The van der Waals surface area contributed by atoms with Gasteiger partial charge in [0, 0.05) is 21.2 Å². The summed E-state index contributed by atoms with van der Waals surface area (Å²) >= 11 is 11.9. The van der Waals surface area contributed by atoms with Crippen LogP contribution in [0.25, 0.3) is 16.5 Å². The number of benzene rings is 3. The zero-order chi connectivity index (χ0) is 24.9. The molecular weight excluding hydrogens is 490 g/mol. The number of fused-ring (bicyclic) bond motifs is 1. The molecule has 1 unspecified atom stereocenters. The summed E-state index contributed by atoms with van der Waals surface area (Å²) in [5.74, 6) is -0.530. The maximum atomic E-state index is 14.3. The Bertz CT molecular complexity index is 1290. The van der Waals surface area contributed by atoms with E-state index < -0.39 is 23.3 Å². The minimum atomic E-state index is -4.83. The topological polar surface area (TPSA) is 47.6 Å². The monoisotopic (exact) mass is 509 g/mol. The second-order valence-electron chi connectivity index (χ2n) is 8.86. The molecule has 4 nitrogen and oxygen atoms in total. The zero-order valence-corrected chi connectivity index (χ0v) is 19.9. The largest absolute Gasteiger partial charge is 0.456 e. The van der Waals surface area contributed by atoms with Crippen molar-refractivity contribution in [1.29, 1.82) is 0 Å². The molecule has 0 saturated carbocycles. The molecule has 0 spiro atoms. The van der Waals surface area contributed by atoms with Gasteiger partial charge in [0.05, 0.1) is 11.3 Å². The first-order chi connectivity index (χ1) is 15.8. The average Bonchev–Trinajstić information content (AvgIpc) is 3.17. The number of halogens is 5. The molecule has 1 aliphatic rings. The Morgan fingerprint density at radius 2 is 1.59 bits per heavy atom. The van der Waals surface area contributed by atoms with Crippen LogP contribution in [0.4, 0.5) is 13.2 Å². The van der Waals surface area contributed by atoms with Crippen molar-refractivity contribution in [3.8, 4) is 0 Å². The zero-order valence-electron chi connectivity index (χ0n) is 18.4. The first-order valence-corrected chi connectivity index (χ1v) is 11.0. The summed E-state index contributed by atoms with van der Waals surface area (Å²) in [6.07, 6.45) is -3.88. The Morgan fingerprint density at radius 1 is 0.971 bits per heavy atom. The summed E-state index contributed by atoms with van der Waals surface area (Å²) < 4.78 is 48.5. The number of hydrogen-bond donors (Lipinski definition) is 1. The maximum absolute atomic E-state index is 14.3. The Morgan fingerprint density at radius 3 is 2.21 bits per heavy atom. The number of carbonyl (C=O) groups excluding carboxylic acids is 1. The van der Waals surface area contributed by atoms with Crippen LogP contribution in [0.1, 0.15) is 42.3 Å². The van der Waals surface area contributed by atoms with E-state index in [2.05, 4.69) is 5.48 Å². The highest BCUT2D eigenvalue weighted by Gasteiger charge is 2.59. The normalized spacial score (nSPS) is 18.5. The van der Waals surface area contributed by atoms with Crippen LogP contribution in [0.15, 0.2) is 60.7 Å². The fourth-order valence-corrected chi connectivity index (χ4v) is 4.33. The van der Waals surface area contributed by atoms with Crippen LogP contribution in [0.5, 0.6) is 0 Å².